The number of nitrogens with zero attached hydrogens (tertiary/aromatic N) is 1. The molecule has 2 aromatic rings. The number of hydrogen-bond donors (Lipinski definition) is 1. The summed E-state index contributed by atoms with van der Waals surface area (Å²) in [5, 5.41) is 2.79. The molecule has 0 radical (unpaired) electrons. The number of rotatable bonds is 4. The third kappa shape index (κ3) is 4.85. The summed E-state index contributed by atoms with van der Waals surface area (Å²) in [6, 6.07) is 7.80. The van der Waals surface area contributed by atoms with Gasteiger partial charge in [0.15, 0.2) is 0 Å². The molecule has 0 bridgehead atoms. The first-order valence-electron chi connectivity index (χ1n) is 9.13. The number of nitrogens with one attached hydrogen (secondary N) is 1. The molecule has 0 aliphatic carbocycles. The van der Waals surface area contributed by atoms with Crippen LogP contribution in [0.25, 0.3) is 0 Å². The summed E-state index contributed by atoms with van der Waals surface area (Å²) in [6.45, 7) is 3.26. The number of carbonyl (C=O) groups excluding carboxylic acids is 1. The molecule has 4 nitrogen and oxygen atoms in total. The predicted molar refractivity (Wildman–Crippen MR) is 109 cm³/mol. The Morgan fingerprint density at radius 1 is 1.28 bits per heavy atom. The molecule has 0 spiro atoms. The fourth-order valence-corrected chi connectivity index (χ4v) is 3.58. The van der Waals surface area contributed by atoms with Gasteiger partial charge >= 0.3 is 6.18 Å². The first-order valence-corrected chi connectivity index (χ1v) is 9.13. The number of alkyl halides is 3. The van der Waals surface area contributed by atoms with Crippen LogP contribution in [0.3, 0.4) is 0 Å². The van der Waals surface area contributed by atoms with E-state index < -0.39 is 17.6 Å². The summed E-state index contributed by atoms with van der Waals surface area (Å²) in [6.07, 6.45) is -3.59. The lowest BCUT2D eigenvalue weighted by Gasteiger charge is -2.27. The lowest BCUT2D eigenvalue weighted by Crippen LogP contribution is -2.27. The summed E-state index contributed by atoms with van der Waals surface area (Å²) in [5.74, 6) is -0.482. The average molecular weight is 429 g/mol. The monoisotopic (exact) mass is 428 g/mol. The second kappa shape index (κ2) is 9.05. The van der Waals surface area contributed by atoms with Gasteiger partial charge in [-0.1, -0.05) is 19.1 Å². The van der Waals surface area contributed by atoms with Crippen molar-refractivity contribution in [3.8, 4) is 5.75 Å². The molecular formula is C21H24ClF3N2O2. The molecule has 158 valence electrons. The van der Waals surface area contributed by atoms with Crippen LogP contribution in [-0.2, 0) is 25.6 Å². The molecule has 0 unspecified atom stereocenters. The Morgan fingerprint density at radius 2 is 2.00 bits per heavy atom. The number of likely N-dealkylation sites (N-methyl/N-ethyl adjacent to an activating group) is 1. The first-order chi connectivity index (χ1) is 13.2. The molecule has 3 rings (SSSR count). The zero-order chi connectivity index (χ0) is 20.5. The summed E-state index contributed by atoms with van der Waals surface area (Å²) in [7, 11) is 3.37. The van der Waals surface area contributed by atoms with Gasteiger partial charge in [-0.3, -0.25) is 4.79 Å². The van der Waals surface area contributed by atoms with Crippen LogP contribution >= 0.6 is 12.4 Å². The quantitative estimate of drug-likeness (QED) is 0.750. The molecule has 8 heteroatoms. The molecule has 0 saturated carbocycles. The summed E-state index contributed by atoms with van der Waals surface area (Å²) >= 11 is 0. The summed E-state index contributed by atoms with van der Waals surface area (Å²) in [5.41, 5.74) is 1.92. The van der Waals surface area contributed by atoms with Crippen molar-refractivity contribution in [2.24, 2.45) is 0 Å². The molecule has 1 aliphatic heterocycles. The zero-order valence-electron chi connectivity index (χ0n) is 16.5. The van der Waals surface area contributed by atoms with E-state index in [-0.39, 0.29) is 35.7 Å². The van der Waals surface area contributed by atoms with Crippen molar-refractivity contribution >= 4 is 24.0 Å². The average Bonchev–Trinajstić information content (AvgIpc) is 2.65. The smallest absolute Gasteiger partial charge is 0.416 e. The Hall–Kier alpha value is -2.25. The highest BCUT2D eigenvalue weighted by Crippen LogP contribution is 2.36. The van der Waals surface area contributed by atoms with Gasteiger partial charge in [-0.2, -0.15) is 13.2 Å². The standard InChI is InChI=1S/C21H23F3N2O2.ClH/c1-4-13-10-19(28-3)16(11-17(13)21(22,23)24)20(27)25-18-7-5-6-14-12-26(2)9-8-15(14)18;/h5-7,10-11H,4,8-9,12H2,1-3H3,(H,25,27);1H. The SMILES string of the molecule is CCc1cc(OC)c(C(=O)Nc2cccc3c2CCN(C)C3)cc1C(F)(F)F.Cl. The number of carbonyl (C=O) groups is 1. The van der Waals surface area contributed by atoms with Crippen LogP contribution in [0.1, 0.15) is 39.5 Å². The fraction of sp³-hybridized carbons (Fsp3) is 0.381. The van der Waals surface area contributed by atoms with Crippen molar-refractivity contribution in [2.75, 3.05) is 26.0 Å². The van der Waals surface area contributed by atoms with Crippen molar-refractivity contribution < 1.29 is 22.7 Å². The Morgan fingerprint density at radius 3 is 2.62 bits per heavy atom. The number of aryl methyl sites for hydroxylation is 1. The molecule has 29 heavy (non-hydrogen) atoms. The number of benzene rings is 2. The van der Waals surface area contributed by atoms with E-state index in [4.69, 9.17) is 4.74 Å². The number of ether oxygens (including phenoxy) is 1. The minimum absolute atomic E-state index is 0. The zero-order valence-corrected chi connectivity index (χ0v) is 17.3. The highest BCUT2D eigenvalue weighted by atomic mass is 35.5. The van der Waals surface area contributed by atoms with Gasteiger partial charge in [-0.05, 0) is 54.8 Å². The normalized spacial score (nSPS) is 14.0. The number of methoxy groups -OCH3 is 1. The Balaban J connectivity index is 0.00000300. The number of amides is 1. The molecule has 1 heterocycles. The maximum atomic E-state index is 13.4. The van der Waals surface area contributed by atoms with Gasteiger partial charge in [0, 0.05) is 18.8 Å². The van der Waals surface area contributed by atoms with E-state index in [1.165, 1.54) is 13.2 Å². The van der Waals surface area contributed by atoms with Crippen molar-refractivity contribution in [2.45, 2.75) is 32.5 Å². The van der Waals surface area contributed by atoms with Crippen molar-refractivity contribution in [3.63, 3.8) is 0 Å². The van der Waals surface area contributed by atoms with E-state index in [0.29, 0.717) is 5.69 Å². The first kappa shape index (κ1) is 23.0. The third-order valence-electron chi connectivity index (χ3n) is 5.06. The van der Waals surface area contributed by atoms with Crippen LogP contribution in [-0.4, -0.2) is 31.5 Å². The van der Waals surface area contributed by atoms with Gasteiger partial charge in [0.25, 0.3) is 5.91 Å². The number of anilines is 1. The topological polar surface area (TPSA) is 41.6 Å². The lowest BCUT2D eigenvalue weighted by atomic mass is 9.97. The maximum Gasteiger partial charge on any atom is 0.416 e. The Kier molecular flexibility index (Phi) is 7.19. The Labute approximate surface area is 174 Å². The minimum Gasteiger partial charge on any atom is -0.496 e. The Bertz CT molecular complexity index is 900. The van der Waals surface area contributed by atoms with E-state index in [1.54, 1.807) is 13.0 Å². The molecule has 0 fully saturated rings. The molecule has 2 aromatic carbocycles. The van der Waals surface area contributed by atoms with Crippen LogP contribution < -0.4 is 10.1 Å². The largest absolute Gasteiger partial charge is 0.496 e. The van der Waals surface area contributed by atoms with E-state index in [1.807, 2.05) is 19.2 Å². The van der Waals surface area contributed by atoms with Crippen LogP contribution in [0.5, 0.6) is 5.75 Å². The van der Waals surface area contributed by atoms with E-state index in [2.05, 4.69) is 10.2 Å². The van der Waals surface area contributed by atoms with E-state index in [0.717, 1.165) is 36.7 Å². The minimum atomic E-state index is -4.54. The van der Waals surface area contributed by atoms with Gasteiger partial charge in [-0.15, -0.1) is 12.4 Å². The second-order valence-electron chi connectivity index (χ2n) is 6.95. The number of halogens is 4. The molecule has 1 amide bonds. The van der Waals surface area contributed by atoms with Crippen LogP contribution in [0.2, 0.25) is 0 Å². The van der Waals surface area contributed by atoms with Crippen molar-refractivity contribution in [1.29, 1.82) is 0 Å². The highest BCUT2D eigenvalue weighted by Gasteiger charge is 2.35. The molecule has 0 aromatic heterocycles. The maximum absolute atomic E-state index is 13.4. The third-order valence-corrected chi connectivity index (χ3v) is 5.06. The summed E-state index contributed by atoms with van der Waals surface area (Å²) in [4.78, 5) is 15.0. The van der Waals surface area contributed by atoms with Crippen molar-refractivity contribution in [1.82, 2.24) is 4.90 Å². The molecule has 1 N–H and O–H groups in total. The van der Waals surface area contributed by atoms with Crippen molar-refractivity contribution in [3.05, 3.63) is 58.1 Å². The van der Waals surface area contributed by atoms with Gasteiger partial charge in [0.05, 0.1) is 18.2 Å². The molecule has 0 saturated heterocycles. The van der Waals surface area contributed by atoms with E-state index >= 15 is 0 Å². The highest BCUT2D eigenvalue weighted by molar-refractivity contribution is 6.07. The fourth-order valence-electron chi connectivity index (χ4n) is 3.58. The lowest BCUT2D eigenvalue weighted by molar-refractivity contribution is -0.138. The van der Waals surface area contributed by atoms with Crippen LogP contribution in [0.15, 0.2) is 30.3 Å². The van der Waals surface area contributed by atoms with Gasteiger partial charge < -0.3 is 15.0 Å². The van der Waals surface area contributed by atoms with Crippen LogP contribution in [0, 0.1) is 0 Å². The van der Waals surface area contributed by atoms with Gasteiger partial charge in [-0.25, -0.2) is 0 Å². The predicted octanol–water partition coefficient (Wildman–Crippen LogP) is 4.94. The summed E-state index contributed by atoms with van der Waals surface area (Å²) < 4.78 is 45.5. The van der Waals surface area contributed by atoms with Gasteiger partial charge in [0.2, 0.25) is 0 Å². The second-order valence-corrected chi connectivity index (χ2v) is 6.95. The molecule has 0 atom stereocenters. The molecular weight excluding hydrogens is 405 g/mol. The van der Waals surface area contributed by atoms with Crippen LogP contribution in [0.4, 0.5) is 18.9 Å². The number of hydrogen-bond acceptors (Lipinski definition) is 3. The molecule has 1 aliphatic rings. The van der Waals surface area contributed by atoms with E-state index in [9.17, 15) is 18.0 Å². The van der Waals surface area contributed by atoms with Gasteiger partial charge in [0.1, 0.15) is 5.75 Å². The number of fused-ring (bicyclic) bond motifs is 1.